The van der Waals surface area contributed by atoms with E-state index in [-0.39, 0.29) is 18.5 Å². The molecule has 1 saturated heterocycles. The summed E-state index contributed by atoms with van der Waals surface area (Å²) in [5.41, 5.74) is 0. The summed E-state index contributed by atoms with van der Waals surface area (Å²) in [6.07, 6.45) is -0.0158. The predicted molar refractivity (Wildman–Crippen MR) is 44.8 cm³/mol. The molecule has 2 unspecified atom stereocenters. The highest BCUT2D eigenvalue weighted by Crippen LogP contribution is 1.97. The Morgan fingerprint density at radius 3 is 3.00 bits per heavy atom. The molecule has 0 aliphatic carbocycles. The molecule has 6 nitrogen and oxygen atoms in total. The fourth-order valence-electron chi connectivity index (χ4n) is 1.18. The van der Waals surface area contributed by atoms with Crippen LogP contribution >= 0.6 is 0 Å². The van der Waals surface area contributed by atoms with Gasteiger partial charge in [0.15, 0.2) is 0 Å². The second kappa shape index (κ2) is 4.20. The number of hydrogen-bond acceptors (Lipinski definition) is 4. The van der Waals surface area contributed by atoms with Crippen LogP contribution in [0.25, 0.3) is 0 Å². The lowest BCUT2D eigenvalue weighted by Gasteiger charge is -2.29. The van der Waals surface area contributed by atoms with Gasteiger partial charge in [-0.2, -0.15) is 0 Å². The van der Waals surface area contributed by atoms with Gasteiger partial charge in [0.1, 0.15) is 6.29 Å². The summed E-state index contributed by atoms with van der Waals surface area (Å²) in [6.45, 7) is 1.69. The van der Waals surface area contributed by atoms with Crippen molar-refractivity contribution in [3.8, 4) is 0 Å². The molecule has 4 N–H and O–H groups in total. The molecule has 6 heteroatoms. The Hall–Kier alpha value is -1.14. The molecule has 0 radical (unpaired) electrons. The van der Waals surface area contributed by atoms with Crippen molar-refractivity contribution < 1.29 is 14.7 Å². The molecule has 0 bridgehead atoms. The van der Waals surface area contributed by atoms with Crippen LogP contribution < -0.4 is 16.0 Å². The van der Waals surface area contributed by atoms with E-state index in [1.165, 1.54) is 0 Å². The van der Waals surface area contributed by atoms with Crippen LogP contribution in [0.2, 0.25) is 0 Å². The van der Waals surface area contributed by atoms with Gasteiger partial charge in [-0.15, -0.1) is 0 Å². The number of nitrogens with one attached hydrogen (secondary N) is 3. The number of amides is 1. The first-order valence-electron chi connectivity index (χ1n) is 4.08. The number of carbonyl (C=O) groups excluding carboxylic acids is 1. The Morgan fingerprint density at radius 1 is 1.77 bits per heavy atom. The molecule has 1 fully saturated rings. The lowest BCUT2D eigenvalue weighted by Crippen LogP contribution is -2.62. The SMILES string of the molecule is CC1CC(=O)NC(NCC(=O)O)N1. The van der Waals surface area contributed by atoms with Crippen molar-refractivity contribution in [2.75, 3.05) is 6.54 Å². The molecule has 1 aliphatic rings. The molecule has 2 atom stereocenters. The van der Waals surface area contributed by atoms with E-state index in [4.69, 9.17) is 5.11 Å². The predicted octanol–water partition coefficient (Wildman–Crippen LogP) is -1.56. The average Bonchev–Trinajstić information content (AvgIpc) is 1.99. The van der Waals surface area contributed by atoms with Gasteiger partial charge >= 0.3 is 5.97 Å². The first kappa shape index (κ1) is 9.94. The maximum atomic E-state index is 11.0. The van der Waals surface area contributed by atoms with E-state index < -0.39 is 12.3 Å². The molecule has 0 aromatic rings. The van der Waals surface area contributed by atoms with Gasteiger partial charge in [0, 0.05) is 12.5 Å². The van der Waals surface area contributed by atoms with E-state index in [2.05, 4.69) is 16.0 Å². The first-order chi connectivity index (χ1) is 6.08. The maximum Gasteiger partial charge on any atom is 0.317 e. The summed E-state index contributed by atoms with van der Waals surface area (Å²) in [7, 11) is 0. The lowest BCUT2D eigenvalue weighted by molar-refractivity contribution is -0.137. The van der Waals surface area contributed by atoms with Crippen molar-refractivity contribution >= 4 is 11.9 Å². The minimum atomic E-state index is -0.950. The quantitative estimate of drug-likeness (QED) is 0.429. The van der Waals surface area contributed by atoms with E-state index in [1.54, 1.807) is 0 Å². The average molecular weight is 187 g/mol. The molecule has 1 aliphatic heterocycles. The van der Waals surface area contributed by atoms with E-state index >= 15 is 0 Å². The van der Waals surface area contributed by atoms with E-state index in [0.717, 1.165) is 0 Å². The Bertz CT molecular complexity index is 219. The van der Waals surface area contributed by atoms with Gasteiger partial charge in [0.2, 0.25) is 5.91 Å². The molecule has 0 spiro atoms. The van der Waals surface area contributed by atoms with Crippen molar-refractivity contribution in [1.29, 1.82) is 0 Å². The number of rotatable bonds is 3. The zero-order valence-corrected chi connectivity index (χ0v) is 7.33. The lowest BCUT2D eigenvalue weighted by atomic mass is 10.2. The van der Waals surface area contributed by atoms with E-state index in [0.29, 0.717) is 6.42 Å². The van der Waals surface area contributed by atoms with Gasteiger partial charge in [-0.1, -0.05) is 0 Å². The topological polar surface area (TPSA) is 90.5 Å². The molecule has 74 valence electrons. The molecule has 1 heterocycles. The number of carbonyl (C=O) groups is 2. The molecule has 0 aromatic carbocycles. The van der Waals surface area contributed by atoms with Crippen LogP contribution in [0, 0.1) is 0 Å². The molecule has 1 amide bonds. The highest BCUT2D eigenvalue weighted by molar-refractivity contribution is 5.77. The molecule has 0 saturated carbocycles. The Kier molecular flexibility index (Phi) is 3.21. The molecule has 1 rings (SSSR count). The molecular formula is C7H13N3O3. The van der Waals surface area contributed by atoms with Gasteiger partial charge in [0.25, 0.3) is 0 Å². The first-order valence-corrected chi connectivity index (χ1v) is 4.08. The van der Waals surface area contributed by atoms with Crippen LogP contribution in [0.15, 0.2) is 0 Å². The second-order valence-corrected chi connectivity index (χ2v) is 3.05. The summed E-state index contributed by atoms with van der Waals surface area (Å²) in [6, 6.07) is 0.0695. The standard InChI is InChI=1S/C7H13N3O3/c1-4-2-5(11)10-7(9-4)8-3-6(12)13/h4,7-9H,2-3H2,1H3,(H,10,11)(H,12,13). The van der Waals surface area contributed by atoms with Crippen molar-refractivity contribution in [1.82, 2.24) is 16.0 Å². The summed E-state index contributed by atoms with van der Waals surface area (Å²) >= 11 is 0. The highest BCUT2D eigenvalue weighted by atomic mass is 16.4. The maximum absolute atomic E-state index is 11.0. The minimum absolute atomic E-state index is 0.0695. The zero-order valence-electron chi connectivity index (χ0n) is 7.33. The van der Waals surface area contributed by atoms with Crippen molar-refractivity contribution in [2.45, 2.75) is 25.7 Å². The molecular weight excluding hydrogens is 174 g/mol. The number of carboxylic acids is 1. The van der Waals surface area contributed by atoms with Gasteiger partial charge in [0.05, 0.1) is 6.54 Å². The van der Waals surface area contributed by atoms with Gasteiger partial charge < -0.3 is 10.4 Å². The van der Waals surface area contributed by atoms with Crippen molar-refractivity contribution in [2.24, 2.45) is 0 Å². The third-order valence-corrected chi connectivity index (χ3v) is 1.71. The Balaban J connectivity index is 2.33. The normalized spacial score (nSPS) is 28.2. The number of hydrogen-bond donors (Lipinski definition) is 4. The summed E-state index contributed by atoms with van der Waals surface area (Å²) < 4.78 is 0. The monoisotopic (exact) mass is 187 g/mol. The summed E-state index contributed by atoms with van der Waals surface area (Å²) in [5.74, 6) is -1.02. The third-order valence-electron chi connectivity index (χ3n) is 1.71. The largest absolute Gasteiger partial charge is 0.480 e. The van der Waals surface area contributed by atoms with Crippen LogP contribution in [0.3, 0.4) is 0 Å². The Morgan fingerprint density at radius 2 is 2.46 bits per heavy atom. The fourth-order valence-corrected chi connectivity index (χ4v) is 1.18. The highest BCUT2D eigenvalue weighted by Gasteiger charge is 2.22. The van der Waals surface area contributed by atoms with Crippen LogP contribution in [0.4, 0.5) is 0 Å². The van der Waals surface area contributed by atoms with Gasteiger partial charge in [-0.25, -0.2) is 0 Å². The van der Waals surface area contributed by atoms with Crippen molar-refractivity contribution in [3.05, 3.63) is 0 Å². The van der Waals surface area contributed by atoms with Gasteiger partial charge in [-0.3, -0.25) is 20.2 Å². The van der Waals surface area contributed by atoms with Crippen LogP contribution in [-0.4, -0.2) is 35.9 Å². The van der Waals surface area contributed by atoms with E-state index in [1.807, 2.05) is 6.92 Å². The van der Waals surface area contributed by atoms with Crippen LogP contribution in [0.5, 0.6) is 0 Å². The molecule has 0 aromatic heterocycles. The second-order valence-electron chi connectivity index (χ2n) is 3.05. The van der Waals surface area contributed by atoms with Crippen LogP contribution in [-0.2, 0) is 9.59 Å². The van der Waals surface area contributed by atoms with Gasteiger partial charge in [-0.05, 0) is 6.92 Å². The summed E-state index contributed by atoms with van der Waals surface area (Å²) in [4.78, 5) is 21.2. The fraction of sp³-hybridized carbons (Fsp3) is 0.714. The molecule has 13 heavy (non-hydrogen) atoms. The Labute approximate surface area is 75.7 Å². The summed E-state index contributed by atoms with van der Waals surface area (Å²) in [5, 5.41) is 16.6. The zero-order chi connectivity index (χ0) is 9.84. The number of carboxylic acid groups (broad SMARTS) is 1. The number of aliphatic carboxylic acids is 1. The minimum Gasteiger partial charge on any atom is -0.480 e. The smallest absolute Gasteiger partial charge is 0.317 e. The van der Waals surface area contributed by atoms with E-state index in [9.17, 15) is 9.59 Å². The third kappa shape index (κ3) is 3.39. The van der Waals surface area contributed by atoms with Crippen molar-refractivity contribution in [3.63, 3.8) is 0 Å². The van der Waals surface area contributed by atoms with Crippen LogP contribution in [0.1, 0.15) is 13.3 Å².